The maximum atomic E-state index is 12.7. The van der Waals surface area contributed by atoms with Crippen LogP contribution in [0.2, 0.25) is 0 Å². The summed E-state index contributed by atoms with van der Waals surface area (Å²) in [5, 5.41) is 25.7. The number of likely N-dealkylation sites (N-methyl/N-ethyl adjacent to an activating group) is 1. The summed E-state index contributed by atoms with van der Waals surface area (Å²) in [6.45, 7) is 6.48. The van der Waals surface area contributed by atoms with Gasteiger partial charge in [-0.2, -0.15) is 0 Å². The van der Waals surface area contributed by atoms with Gasteiger partial charge in [0.25, 0.3) is 12.9 Å². The van der Waals surface area contributed by atoms with E-state index in [1.807, 2.05) is 26.0 Å². The SMILES string of the molecule is CN[C@@H](C)C(=O)N[C@H](C(=O)N[C@@H](C)C(=O)Nc1cccc2ncccc12)C(C)C.O=CO.O=CO. The molecule has 2 rings (SSSR count). The smallest absolute Gasteiger partial charge is 0.290 e. The van der Waals surface area contributed by atoms with Gasteiger partial charge in [0.15, 0.2) is 0 Å². The molecular weight excluding hydrogens is 458 g/mol. The summed E-state index contributed by atoms with van der Waals surface area (Å²) in [6, 6.07) is 7.17. The first kappa shape index (κ1) is 30.9. The van der Waals surface area contributed by atoms with Crippen molar-refractivity contribution in [3.63, 3.8) is 0 Å². The predicted molar refractivity (Wildman–Crippen MR) is 131 cm³/mol. The minimum absolute atomic E-state index is 0.137. The van der Waals surface area contributed by atoms with Crippen molar-refractivity contribution in [2.24, 2.45) is 5.92 Å². The standard InChI is InChI=1S/C21H29N5O3.2CH2O2/c1-12(2)18(26-19(27)13(3)22-5)21(29)24-14(4)20(28)25-17-10-6-9-16-15(17)8-7-11-23-16;2*2-1-3/h6-14,18,22H,1-5H3,(H,24,29)(H,25,28)(H,26,27);2*1H,(H,2,3)/t13-,14-,18-;;/m0../s1. The van der Waals surface area contributed by atoms with Crippen LogP contribution in [0.1, 0.15) is 27.7 Å². The second-order valence-electron chi connectivity index (χ2n) is 7.55. The summed E-state index contributed by atoms with van der Waals surface area (Å²) >= 11 is 0. The molecule has 0 saturated carbocycles. The Morgan fingerprint density at radius 1 is 0.857 bits per heavy atom. The Balaban J connectivity index is 0.00000174. The predicted octanol–water partition coefficient (Wildman–Crippen LogP) is 0.828. The molecule has 0 unspecified atom stereocenters. The highest BCUT2D eigenvalue weighted by molar-refractivity contribution is 6.04. The fourth-order valence-electron chi connectivity index (χ4n) is 2.77. The zero-order chi connectivity index (χ0) is 27.0. The van der Waals surface area contributed by atoms with E-state index in [0.717, 1.165) is 10.9 Å². The molecule has 0 aliphatic heterocycles. The highest BCUT2D eigenvalue weighted by Gasteiger charge is 2.28. The van der Waals surface area contributed by atoms with E-state index in [9.17, 15) is 14.4 Å². The Morgan fingerprint density at radius 3 is 2.00 bits per heavy atom. The van der Waals surface area contributed by atoms with Crippen molar-refractivity contribution in [2.45, 2.75) is 45.8 Å². The second kappa shape index (κ2) is 16.5. The average molecular weight is 492 g/mol. The lowest BCUT2D eigenvalue weighted by atomic mass is 10.0. The van der Waals surface area contributed by atoms with E-state index >= 15 is 0 Å². The largest absolute Gasteiger partial charge is 0.483 e. The minimum atomic E-state index is -0.783. The summed E-state index contributed by atoms with van der Waals surface area (Å²) in [4.78, 5) is 58.4. The first-order valence-electron chi connectivity index (χ1n) is 10.7. The van der Waals surface area contributed by atoms with Gasteiger partial charge < -0.3 is 31.5 Å². The van der Waals surface area contributed by atoms with Crippen LogP contribution in [0.5, 0.6) is 0 Å². The molecule has 3 atom stereocenters. The van der Waals surface area contributed by atoms with Crippen molar-refractivity contribution in [1.29, 1.82) is 0 Å². The quantitative estimate of drug-likeness (QED) is 0.291. The van der Waals surface area contributed by atoms with Gasteiger partial charge in [0.2, 0.25) is 17.7 Å². The summed E-state index contributed by atoms with van der Waals surface area (Å²) in [5.41, 5.74) is 1.39. The molecule has 192 valence electrons. The van der Waals surface area contributed by atoms with Crippen LogP contribution in [0.3, 0.4) is 0 Å². The molecule has 0 aliphatic rings. The molecule has 1 aromatic heterocycles. The van der Waals surface area contributed by atoms with Gasteiger partial charge in [0.1, 0.15) is 12.1 Å². The number of nitrogens with one attached hydrogen (secondary N) is 4. The van der Waals surface area contributed by atoms with Crippen molar-refractivity contribution < 1.29 is 34.2 Å². The minimum Gasteiger partial charge on any atom is -0.483 e. The number of carboxylic acid groups (broad SMARTS) is 2. The van der Waals surface area contributed by atoms with Crippen molar-refractivity contribution in [3.05, 3.63) is 36.5 Å². The van der Waals surface area contributed by atoms with Crippen LogP contribution < -0.4 is 21.3 Å². The molecule has 1 heterocycles. The molecule has 0 aliphatic carbocycles. The number of carbonyl (C=O) groups is 5. The Hall–Kier alpha value is -4.06. The zero-order valence-corrected chi connectivity index (χ0v) is 20.3. The molecule has 0 spiro atoms. The zero-order valence-electron chi connectivity index (χ0n) is 20.3. The number of benzene rings is 1. The molecule has 0 bridgehead atoms. The summed E-state index contributed by atoms with van der Waals surface area (Å²) in [5.74, 6) is -1.17. The lowest BCUT2D eigenvalue weighted by molar-refractivity contribution is -0.132. The molecule has 12 heteroatoms. The maximum absolute atomic E-state index is 12.7. The number of carbonyl (C=O) groups excluding carboxylic acids is 3. The van der Waals surface area contributed by atoms with Crippen LogP contribution in [0.25, 0.3) is 10.9 Å². The molecule has 1 aromatic carbocycles. The monoisotopic (exact) mass is 491 g/mol. The van der Waals surface area contributed by atoms with Crippen LogP contribution in [0.15, 0.2) is 36.5 Å². The van der Waals surface area contributed by atoms with E-state index in [1.165, 1.54) is 0 Å². The van der Waals surface area contributed by atoms with Gasteiger partial charge in [-0.05, 0) is 51.1 Å². The fraction of sp³-hybridized carbons (Fsp3) is 0.391. The summed E-state index contributed by atoms with van der Waals surface area (Å²) < 4.78 is 0. The van der Waals surface area contributed by atoms with Gasteiger partial charge in [0.05, 0.1) is 17.2 Å². The summed E-state index contributed by atoms with van der Waals surface area (Å²) in [7, 11) is 1.67. The highest BCUT2D eigenvalue weighted by atomic mass is 16.3. The molecule has 6 N–H and O–H groups in total. The van der Waals surface area contributed by atoms with E-state index in [1.54, 1.807) is 45.3 Å². The van der Waals surface area contributed by atoms with Crippen LogP contribution in [-0.4, -0.2) is 71.0 Å². The Labute approximate surface area is 203 Å². The number of fused-ring (bicyclic) bond motifs is 1. The third-order valence-corrected chi connectivity index (χ3v) is 4.73. The van der Waals surface area contributed by atoms with E-state index in [4.69, 9.17) is 19.8 Å². The third-order valence-electron chi connectivity index (χ3n) is 4.73. The maximum Gasteiger partial charge on any atom is 0.290 e. The van der Waals surface area contributed by atoms with Crippen LogP contribution in [0, 0.1) is 5.92 Å². The molecule has 12 nitrogen and oxygen atoms in total. The first-order chi connectivity index (χ1) is 16.6. The Bertz CT molecular complexity index is 972. The Morgan fingerprint density at radius 2 is 1.46 bits per heavy atom. The number of hydrogen-bond donors (Lipinski definition) is 6. The fourth-order valence-corrected chi connectivity index (χ4v) is 2.77. The molecule has 35 heavy (non-hydrogen) atoms. The molecule has 0 saturated heterocycles. The lowest BCUT2D eigenvalue weighted by Gasteiger charge is -2.25. The van der Waals surface area contributed by atoms with Crippen LogP contribution in [-0.2, 0) is 24.0 Å². The van der Waals surface area contributed by atoms with Gasteiger partial charge in [0, 0.05) is 11.6 Å². The van der Waals surface area contributed by atoms with Crippen molar-refractivity contribution in [3.8, 4) is 0 Å². The normalized spacial score (nSPS) is 12.4. The van der Waals surface area contributed by atoms with Gasteiger partial charge in [-0.3, -0.25) is 29.0 Å². The number of anilines is 1. The van der Waals surface area contributed by atoms with Gasteiger partial charge in [-0.1, -0.05) is 19.9 Å². The highest BCUT2D eigenvalue weighted by Crippen LogP contribution is 2.21. The number of rotatable bonds is 8. The van der Waals surface area contributed by atoms with Gasteiger partial charge >= 0.3 is 0 Å². The number of pyridine rings is 1. The number of hydrogen-bond acceptors (Lipinski definition) is 7. The molecule has 2 aromatic rings. The van der Waals surface area contributed by atoms with Crippen molar-refractivity contribution in [1.82, 2.24) is 20.9 Å². The van der Waals surface area contributed by atoms with Crippen molar-refractivity contribution in [2.75, 3.05) is 12.4 Å². The van der Waals surface area contributed by atoms with E-state index in [2.05, 4.69) is 26.3 Å². The molecular formula is C23H33N5O7. The number of nitrogens with zero attached hydrogens (tertiary/aromatic N) is 1. The van der Waals surface area contributed by atoms with Crippen LogP contribution in [0.4, 0.5) is 5.69 Å². The van der Waals surface area contributed by atoms with Gasteiger partial charge in [-0.15, -0.1) is 0 Å². The average Bonchev–Trinajstić information content (AvgIpc) is 2.82. The molecule has 0 fully saturated rings. The molecule has 0 radical (unpaired) electrons. The van der Waals surface area contributed by atoms with E-state index < -0.39 is 24.0 Å². The number of aromatic nitrogens is 1. The van der Waals surface area contributed by atoms with Crippen molar-refractivity contribution >= 4 is 47.3 Å². The summed E-state index contributed by atoms with van der Waals surface area (Å²) in [6.07, 6.45) is 1.69. The van der Waals surface area contributed by atoms with E-state index in [-0.39, 0.29) is 30.7 Å². The van der Waals surface area contributed by atoms with E-state index in [0.29, 0.717) is 5.69 Å². The topological polar surface area (TPSA) is 187 Å². The van der Waals surface area contributed by atoms with Gasteiger partial charge in [-0.25, -0.2) is 0 Å². The Kier molecular flexibility index (Phi) is 14.6. The molecule has 3 amide bonds. The number of amides is 3. The first-order valence-corrected chi connectivity index (χ1v) is 10.7. The second-order valence-corrected chi connectivity index (χ2v) is 7.55. The lowest BCUT2D eigenvalue weighted by Crippen LogP contribution is -2.56. The van der Waals surface area contributed by atoms with Crippen LogP contribution >= 0.6 is 0 Å². The third kappa shape index (κ3) is 10.6.